The Morgan fingerprint density at radius 3 is 2.94 bits per heavy atom. The Labute approximate surface area is 101 Å². The van der Waals surface area contributed by atoms with Crippen LogP contribution in [-0.4, -0.2) is 30.6 Å². The first-order chi connectivity index (χ1) is 8.04. The number of nitrogens with zero attached hydrogens (tertiary/aromatic N) is 1. The van der Waals surface area contributed by atoms with Gasteiger partial charge in [-0.2, -0.15) is 0 Å². The molecule has 96 valence electrons. The summed E-state index contributed by atoms with van der Waals surface area (Å²) in [7, 11) is 1.57. The van der Waals surface area contributed by atoms with Gasteiger partial charge in [0.15, 0.2) is 0 Å². The molecule has 1 rings (SSSR count). The van der Waals surface area contributed by atoms with Gasteiger partial charge in [-0.1, -0.05) is 0 Å². The molecular weight excluding hydrogens is 222 g/mol. The molecule has 0 aliphatic heterocycles. The van der Waals surface area contributed by atoms with Crippen LogP contribution in [0, 0.1) is 6.92 Å². The Kier molecular flexibility index (Phi) is 5.11. The topological polar surface area (TPSA) is 90.4 Å². The zero-order valence-electron chi connectivity index (χ0n) is 10.4. The summed E-state index contributed by atoms with van der Waals surface area (Å²) in [6, 6.07) is -0.863. The third-order valence-corrected chi connectivity index (χ3v) is 2.34. The van der Waals surface area contributed by atoms with Crippen molar-refractivity contribution in [3.8, 4) is 0 Å². The summed E-state index contributed by atoms with van der Waals surface area (Å²) in [5, 5.41) is 2.74. The fourth-order valence-corrected chi connectivity index (χ4v) is 1.33. The number of carbonyl (C=O) groups is 1. The van der Waals surface area contributed by atoms with E-state index in [1.807, 2.05) is 0 Å². The normalized spacial score (nSPS) is 14.4. The van der Waals surface area contributed by atoms with E-state index in [9.17, 15) is 4.79 Å². The Bertz CT molecular complexity index is 365. The highest BCUT2D eigenvalue weighted by molar-refractivity contribution is 5.81. The van der Waals surface area contributed by atoms with Crippen molar-refractivity contribution in [2.75, 3.05) is 13.7 Å². The van der Waals surface area contributed by atoms with Crippen LogP contribution >= 0.6 is 0 Å². The molecule has 2 unspecified atom stereocenters. The van der Waals surface area contributed by atoms with E-state index in [2.05, 4.69) is 10.3 Å². The molecule has 0 spiro atoms. The number of nitrogens with two attached hydrogens (primary N) is 1. The first kappa shape index (κ1) is 13.7. The highest BCUT2D eigenvalue weighted by atomic mass is 16.5. The fraction of sp³-hybridized carbons (Fsp3) is 0.636. The minimum atomic E-state index is -0.576. The van der Waals surface area contributed by atoms with Gasteiger partial charge in [0.2, 0.25) is 11.8 Å². The average molecular weight is 241 g/mol. The molecule has 1 amide bonds. The molecule has 6 heteroatoms. The fourth-order valence-electron chi connectivity index (χ4n) is 1.33. The summed E-state index contributed by atoms with van der Waals surface area (Å²) in [4.78, 5) is 15.7. The second kappa shape index (κ2) is 6.36. The summed E-state index contributed by atoms with van der Waals surface area (Å²) >= 11 is 0. The van der Waals surface area contributed by atoms with Crippen LogP contribution < -0.4 is 11.1 Å². The Balaban J connectivity index is 2.45. The maximum Gasteiger partial charge on any atom is 0.237 e. The Morgan fingerprint density at radius 1 is 1.71 bits per heavy atom. The van der Waals surface area contributed by atoms with Crippen LogP contribution in [0.2, 0.25) is 0 Å². The molecule has 1 aromatic heterocycles. The number of aromatic nitrogens is 1. The number of methoxy groups -OCH3 is 1. The van der Waals surface area contributed by atoms with Crippen LogP contribution in [0.15, 0.2) is 10.6 Å². The zero-order chi connectivity index (χ0) is 12.8. The molecule has 0 aliphatic rings. The van der Waals surface area contributed by atoms with Gasteiger partial charge in [-0.25, -0.2) is 4.98 Å². The highest BCUT2D eigenvalue weighted by Gasteiger charge is 2.18. The van der Waals surface area contributed by atoms with Crippen molar-refractivity contribution in [3.63, 3.8) is 0 Å². The van der Waals surface area contributed by atoms with Gasteiger partial charge in [0.25, 0.3) is 0 Å². The quantitative estimate of drug-likeness (QED) is 0.758. The SMILES string of the molecule is COCCC(N)C(=O)NC(C)c1ncc(C)o1. The van der Waals surface area contributed by atoms with Crippen molar-refractivity contribution in [1.82, 2.24) is 10.3 Å². The largest absolute Gasteiger partial charge is 0.444 e. The van der Waals surface area contributed by atoms with E-state index in [-0.39, 0.29) is 11.9 Å². The van der Waals surface area contributed by atoms with Gasteiger partial charge in [-0.15, -0.1) is 0 Å². The van der Waals surface area contributed by atoms with Gasteiger partial charge < -0.3 is 20.2 Å². The second-order valence-corrected chi connectivity index (χ2v) is 3.93. The van der Waals surface area contributed by atoms with Crippen molar-refractivity contribution in [2.45, 2.75) is 32.4 Å². The number of carbonyl (C=O) groups excluding carboxylic acids is 1. The maximum absolute atomic E-state index is 11.7. The van der Waals surface area contributed by atoms with Crippen LogP contribution in [0.25, 0.3) is 0 Å². The van der Waals surface area contributed by atoms with E-state index >= 15 is 0 Å². The van der Waals surface area contributed by atoms with Gasteiger partial charge in [0, 0.05) is 13.7 Å². The number of aryl methyl sites for hydroxylation is 1. The third kappa shape index (κ3) is 4.16. The van der Waals surface area contributed by atoms with E-state index in [0.717, 1.165) is 0 Å². The molecule has 0 saturated carbocycles. The van der Waals surface area contributed by atoms with Gasteiger partial charge in [0.05, 0.1) is 12.2 Å². The number of ether oxygens (including phenoxy) is 1. The molecule has 0 aliphatic carbocycles. The Hall–Kier alpha value is -1.40. The molecular formula is C11H19N3O3. The van der Waals surface area contributed by atoms with Crippen LogP contribution in [-0.2, 0) is 9.53 Å². The third-order valence-electron chi connectivity index (χ3n) is 2.34. The maximum atomic E-state index is 11.7. The van der Waals surface area contributed by atoms with Gasteiger partial charge in [-0.05, 0) is 20.3 Å². The van der Waals surface area contributed by atoms with Crippen molar-refractivity contribution in [1.29, 1.82) is 0 Å². The summed E-state index contributed by atoms with van der Waals surface area (Å²) in [5.41, 5.74) is 5.69. The van der Waals surface area contributed by atoms with E-state index in [4.69, 9.17) is 14.9 Å². The number of oxazole rings is 1. The average Bonchev–Trinajstić information content (AvgIpc) is 2.72. The lowest BCUT2D eigenvalue weighted by atomic mass is 10.2. The summed E-state index contributed by atoms with van der Waals surface area (Å²) < 4.78 is 10.2. The first-order valence-corrected chi connectivity index (χ1v) is 5.51. The lowest BCUT2D eigenvalue weighted by molar-refractivity contribution is -0.123. The number of hydrogen-bond donors (Lipinski definition) is 2. The minimum absolute atomic E-state index is 0.231. The lowest BCUT2D eigenvalue weighted by Gasteiger charge is -2.15. The van der Waals surface area contributed by atoms with Crippen molar-refractivity contribution in [2.24, 2.45) is 5.73 Å². The molecule has 0 fully saturated rings. The van der Waals surface area contributed by atoms with E-state index in [0.29, 0.717) is 24.7 Å². The van der Waals surface area contributed by atoms with Gasteiger partial charge in [0.1, 0.15) is 11.8 Å². The lowest BCUT2D eigenvalue weighted by Crippen LogP contribution is -2.42. The minimum Gasteiger partial charge on any atom is -0.444 e. The smallest absolute Gasteiger partial charge is 0.237 e. The molecule has 6 nitrogen and oxygen atoms in total. The summed E-state index contributed by atoms with van der Waals surface area (Å²) in [6.07, 6.45) is 2.10. The van der Waals surface area contributed by atoms with Gasteiger partial charge in [-0.3, -0.25) is 4.79 Å². The number of hydrogen-bond acceptors (Lipinski definition) is 5. The Morgan fingerprint density at radius 2 is 2.41 bits per heavy atom. The number of nitrogens with one attached hydrogen (secondary N) is 1. The van der Waals surface area contributed by atoms with Crippen LogP contribution in [0.4, 0.5) is 0 Å². The van der Waals surface area contributed by atoms with Crippen LogP contribution in [0.5, 0.6) is 0 Å². The summed E-state index contributed by atoms with van der Waals surface area (Å²) in [6.45, 7) is 4.06. The predicted octanol–water partition coefficient (Wildman–Crippen LogP) is 0.524. The number of rotatable bonds is 6. The molecule has 0 radical (unpaired) electrons. The summed E-state index contributed by atoms with van der Waals surface area (Å²) in [5.74, 6) is 0.963. The molecule has 1 heterocycles. The van der Waals surface area contributed by atoms with Gasteiger partial charge >= 0.3 is 0 Å². The monoisotopic (exact) mass is 241 g/mol. The molecule has 0 bridgehead atoms. The second-order valence-electron chi connectivity index (χ2n) is 3.93. The predicted molar refractivity (Wildman–Crippen MR) is 62.3 cm³/mol. The van der Waals surface area contributed by atoms with E-state index in [1.54, 1.807) is 27.2 Å². The van der Waals surface area contributed by atoms with E-state index < -0.39 is 6.04 Å². The standard InChI is InChI=1S/C11H19N3O3/c1-7-6-13-11(17-7)8(2)14-10(15)9(12)4-5-16-3/h6,8-9H,4-5,12H2,1-3H3,(H,14,15). The molecule has 0 aromatic carbocycles. The molecule has 3 N–H and O–H groups in total. The van der Waals surface area contributed by atoms with Crippen molar-refractivity contribution < 1.29 is 13.9 Å². The zero-order valence-corrected chi connectivity index (χ0v) is 10.4. The van der Waals surface area contributed by atoms with Crippen LogP contribution in [0.3, 0.4) is 0 Å². The van der Waals surface area contributed by atoms with Crippen LogP contribution in [0.1, 0.15) is 31.0 Å². The number of amides is 1. The first-order valence-electron chi connectivity index (χ1n) is 5.51. The van der Waals surface area contributed by atoms with Crippen molar-refractivity contribution >= 4 is 5.91 Å². The van der Waals surface area contributed by atoms with Crippen molar-refractivity contribution in [3.05, 3.63) is 17.8 Å². The molecule has 2 atom stereocenters. The molecule has 0 saturated heterocycles. The highest BCUT2D eigenvalue weighted by Crippen LogP contribution is 2.11. The van der Waals surface area contributed by atoms with E-state index in [1.165, 1.54) is 0 Å². The molecule has 17 heavy (non-hydrogen) atoms. The molecule has 1 aromatic rings.